The molecule has 2 N–H and O–H groups in total. The number of nitrogens with zero attached hydrogens (tertiary/aromatic N) is 1. The Morgan fingerprint density at radius 2 is 1.95 bits per heavy atom. The zero-order valence-electron chi connectivity index (χ0n) is 10.4. The van der Waals surface area contributed by atoms with Gasteiger partial charge in [-0.15, -0.1) is 0 Å². The predicted molar refractivity (Wildman–Crippen MR) is 79.6 cm³/mol. The van der Waals surface area contributed by atoms with Gasteiger partial charge in [0.15, 0.2) is 0 Å². The molecule has 1 heterocycles. The molecule has 108 valence electrons. The molecule has 1 saturated heterocycles. The van der Waals surface area contributed by atoms with Gasteiger partial charge in [0.2, 0.25) is 11.8 Å². The summed E-state index contributed by atoms with van der Waals surface area (Å²) < 4.78 is 0. The van der Waals surface area contributed by atoms with Gasteiger partial charge in [-0.1, -0.05) is 34.8 Å². The molecule has 1 aliphatic heterocycles. The van der Waals surface area contributed by atoms with E-state index in [0.29, 0.717) is 23.8 Å². The van der Waals surface area contributed by atoms with Crippen molar-refractivity contribution in [3.63, 3.8) is 0 Å². The summed E-state index contributed by atoms with van der Waals surface area (Å²) in [5.41, 5.74) is 0.323. The first-order chi connectivity index (χ1) is 9.45. The minimum absolute atomic E-state index is 0.0911. The molecule has 0 saturated carbocycles. The number of amides is 2. The number of hydrogen-bond acceptors (Lipinski definition) is 3. The maximum atomic E-state index is 11.9. The van der Waals surface area contributed by atoms with Gasteiger partial charge in [-0.25, -0.2) is 0 Å². The van der Waals surface area contributed by atoms with Crippen LogP contribution < -0.4 is 10.6 Å². The van der Waals surface area contributed by atoms with E-state index in [2.05, 4.69) is 10.6 Å². The molecule has 2 rings (SSSR count). The van der Waals surface area contributed by atoms with Crippen molar-refractivity contribution >= 4 is 52.3 Å². The average molecular weight is 337 g/mol. The monoisotopic (exact) mass is 335 g/mol. The molecular weight excluding hydrogens is 325 g/mol. The third-order valence-electron chi connectivity index (χ3n) is 2.76. The van der Waals surface area contributed by atoms with E-state index in [9.17, 15) is 9.59 Å². The first kappa shape index (κ1) is 15.4. The fourth-order valence-electron chi connectivity index (χ4n) is 1.87. The van der Waals surface area contributed by atoms with Crippen LogP contribution in [-0.4, -0.2) is 42.9 Å². The van der Waals surface area contributed by atoms with Crippen molar-refractivity contribution in [2.45, 2.75) is 0 Å². The van der Waals surface area contributed by atoms with E-state index >= 15 is 0 Å². The van der Waals surface area contributed by atoms with Gasteiger partial charge in [0.1, 0.15) is 0 Å². The van der Waals surface area contributed by atoms with Gasteiger partial charge in [0.25, 0.3) is 0 Å². The van der Waals surface area contributed by atoms with Crippen LogP contribution in [0, 0.1) is 0 Å². The minimum Gasteiger partial charge on any atom is -0.354 e. The third-order valence-corrected chi connectivity index (χ3v) is 3.57. The lowest BCUT2D eigenvalue weighted by Gasteiger charge is -2.25. The van der Waals surface area contributed by atoms with E-state index in [1.54, 1.807) is 4.90 Å². The Labute approximate surface area is 131 Å². The molecule has 2 amide bonds. The number of halogens is 3. The maximum Gasteiger partial charge on any atom is 0.238 e. The number of nitrogens with one attached hydrogen (secondary N) is 2. The summed E-state index contributed by atoms with van der Waals surface area (Å²) in [6.45, 7) is 1.47. The summed E-state index contributed by atoms with van der Waals surface area (Å²) in [6, 6.07) is 3.00. The molecule has 1 fully saturated rings. The number of carbonyl (C=O) groups excluding carboxylic acids is 2. The van der Waals surface area contributed by atoms with E-state index < -0.39 is 0 Å². The molecule has 1 aromatic carbocycles. The fraction of sp³-hybridized carbons (Fsp3) is 0.333. The number of carbonyl (C=O) groups is 2. The Bertz CT molecular complexity index is 528. The van der Waals surface area contributed by atoms with Gasteiger partial charge in [-0.05, 0) is 12.1 Å². The van der Waals surface area contributed by atoms with E-state index in [0.717, 1.165) is 0 Å². The van der Waals surface area contributed by atoms with E-state index in [1.807, 2.05) is 0 Å². The summed E-state index contributed by atoms with van der Waals surface area (Å²) >= 11 is 17.8. The molecule has 20 heavy (non-hydrogen) atoms. The van der Waals surface area contributed by atoms with Crippen molar-refractivity contribution < 1.29 is 9.59 Å². The molecule has 0 radical (unpaired) electrons. The predicted octanol–water partition coefficient (Wildman–Crippen LogP) is 2.02. The summed E-state index contributed by atoms with van der Waals surface area (Å²) in [5.74, 6) is -0.377. The quantitative estimate of drug-likeness (QED) is 0.888. The highest BCUT2D eigenvalue weighted by Gasteiger charge is 2.19. The van der Waals surface area contributed by atoms with Crippen LogP contribution in [0.15, 0.2) is 12.1 Å². The van der Waals surface area contributed by atoms with Gasteiger partial charge in [-0.3, -0.25) is 14.5 Å². The largest absolute Gasteiger partial charge is 0.354 e. The van der Waals surface area contributed by atoms with Crippen molar-refractivity contribution in [3.8, 4) is 0 Å². The first-order valence-corrected chi connectivity index (χ1v) is 7.02. The third kappa shape index (κ3) is 3.99. The molecule has 0 unspecified atom stereocenters. The van der Waals surface area contributed by atoms with Crippen LogP contribution in [0.5, 0.6) is 0 Å². The van der Waals surface area contributed by atoms with Crippen LogP contribution in [0.3, 0.4) is 0 Å². The maximum absolute atomic E-state index is 11.9. The number of benzene rings is 1. The Morgan fingerprint density at radius 3 is 2.55 bits per heavy atom. The molecule has 0 aliphatic carbocycles. The molecule has 0 atom stereocenters. The van der Waals surface area contributed by atoms with Gasteiger partial charge in [0.05, 0.1) is 28.8 Å². The molecule has 0 bridgehead atoms. The minimum atomic E-state index is -0.286. The van der Waals surface area contributed by atoms with E-state index in [1.165, 1.54) is 12.1 Å². The normalized spacial score (nSPS) is 15.8. The Balaban J connectivity index is 1.99. The van der Waals surface area contributed by atoms with Gasteiger partial charge < -0.3 is 10.6 Å². The zero-order chi connectivity index (χ0) is 14.7. The Morgan fingerprint density at radius 1 is 1.30 bits per heavy atom. The molecule has 8 heteroatoms. The van der Waals surface area contributed by atoms with Crippen LogP contribution in [0.1, 0.15) is 0 Å². The molecular formula is C12H12Cl3N3O2. The number of piperazine rings is 1. The summed E-state index contributed by atoms with van der Waals surface area (Å²) in [6.07, 6.45) is 0. The molecule has 1 aliphatic rings. The second kappa shape index (κ2) is 6.63. The lowest BCUT2D eigenvalue weighted by molar-refractivity contribution is -0.125. The smallest absolute Gasteiger partial charge is 0.238 e. The van der Waals surface area contributed by atoms with Crippen LogP contribution in [0.25, 0.3) is 0 Å². The van der Waals surface area contributed by atoms with Gasteiger partial charge in [-0.2, -0.15) is 0 Å². The number of anilines is 1. The Hall–Kier alpha value is -1.01. The van der Waals surface area contributed by atoms with E-state index in [4.69, 9.17) is 34.8 Å². The summed E-state index contributed by atoms with van der Waals surface area (Å²) in [7, 11) is 0. The Kier molecular flexibility index (Phi) is 5.10. The van der Waals surface area contributed by atoms with Crippen molar-refractivity contribution in [2.24, 2.45) is 0 Å². The van der Waals surface area contributed by atoms with Crippen LogP contribution in [-0.2, 0) is 9.59 Å². The summed E-state index contributed by atoms with van der Waals surface area (Å²) in [5, 5.41) is 6.26. The lowest BCUT2D eigenvalue weighted by atomic mass is 10.3. The zero-order valence-corrected chi connectivity index (χ0v) is 12.6. The highest BCUT2D eigenvalue weighted by molar-refractivity contribution is 6.42. The van der Waals surface area contributed by atoms with Crippen LogP contribution in [0.4, 0.5) is 5.69 Å². The van der Waals surface area contributed by atoms with Crippen molar-refractivity contribution in [3.05, 3.63) is 27.2 Å². The SMILES string of the molecule is O=C1CN(CC(=O)Nc2c(Cl)cc(Cl)cc2Cl)CCN1. The number of rotatable bonds is 3. The van der Waals surface area contributed by atoms with Crippen LogP contribution in [0.2, 0.25) is 15.1 Å². The lowest BCUT2D eigenvalue weighted by Crippen LogP contribution is -2.49. The van der Waals surface area contributed by atoms with Crippen molar-refractivity contribution in [2.75, 3.05) is 31.5 Å². The standard InChI is InChI=1S/C12H12Cl3N3O2/c13-7-3-8(14)12(9(15)4-7)17-11(20)6-18-2-1-16-10(19)5-18/h3-4H,1-2,5-6H2,(H,16,19)(H,17,20). The highest BCUT2D eigenvalue weighted by Crippen LogP contribution is 2.33. The van der Waals surface area contributed by atoms with Crippen LogP contribution >= 0.6 is 34.8 Å². The molecule has 0 aromatic heterocycles. The van der Waals surface area contributed by atoms with Crippen molar-refractivity contribution in [1.82, 2.24) is 10.2 Å². The van der Waals surface area contributed by atoms with Gasteiger partial charge >= 0.3 is 0 Å². The highest BCUT2D eigenvalue weighted by atomic mass is 35.5. The first-order valence-electron chi connectivity index (χ1n) is 5.89. The summed E-state index contributed by atoms with van der Waals surface area (Å²) in [4.78, 5) is 24.9. The van der Waals surface area contributed by atoms with Gasteiger partial charge in [0, 0.05) is 18.1 Å². The van der Waals surface area contributed by atoms with E-state index in [-0.39, 0.29) is 34.9 Å². The fourth-order valence-corrected chi connectivity index (χ4v) is 2.78. The molecule has 1 aromatic rings. The molecule has 0 spiro atoms. The average Bonchev–Trinajstić information content (AvgIpc) is 2.33. The van der Waals surface area contributed by atoms with Crippen molar-refractivity contribution in [1.29, 1.82) is 0 Å². The second-order valence-electron chi connectivity index (χ2n) is 4.35. The number of hydrogen-bond donors (Lipinski definition) is 2. The molecule has 5 nitrogen and oxygen atoms in total. The topological polar surface area (TPSA) is 61.4 Å². The second-order valence-corrected chi connectivity index (χ2v) is 5.60.